The Balaban J connectivity index is 1.70. The Labute approximate surface area is 187 Å². The normalized spacial score (nSPS) is 17.6. The van der Waals surface area contributed by atoms with Crippen LogP contribution in [-0.4, -0.2) is 64.7 Å². The largest absolute Gasteiger partial charge is 0.573 e. The van der Waals surface area contributed by atoms with Gasteiger partial charge in [-0.1, -0.05) is 12.1 Å². The predicted molar refractivity (Wildman–Crippen MR) is 111 cm³/mol. The molecule has 174 valence electrons. The number of alkyl halides is 3. The van der Waals surface area contributed by atoms with E-state index in [-0.39, 0.29) is 49.0 Å². The Morgan fingerprint density at radius 2 is 1.94 bits per heavy atom. The van der Waals surface area contributed by atoms with Crippen LogP contribution in [0.25, 0.3) is 0 Å². The van der Waals surface area contributed by atoms with Crippen molar-refractivity contribution in [1.82, 2.24) is 14.8 Å². The number of carbonyl (C=O) groups is 2. The van der Waals surface area contributed by atoms with Crippen molar-refractivity contribution < 1.29 is 32.2 Å². The van der Waals surface area contributed by atoms with Gasteiger partial charge in [-0.25, -0.2) is 4.98 Å². The molecule has 1 atom stereocenters. The molecule has 0 saturated carbocycles. The number of rotatable bonds is 6. The fraction of sp³-hybridized carbons (Fsp3) is 0.476. The third-order valence-electron chi connectivity index (χ3n) is 4.86. The van der Waals surface area contributed by atoms with Crippen LogP contribution in [-0.2, 0) is 16.1 Å². The summed E-state index contributed by atoms with van der Waals surface area (Å²) in [6.45, 7) is 6.09. The molecule has 0 aliphatic carbocycles. The van der Waals surface area contributed by atoms with Gasteiger partial charge in [-0.05, 0) is 38.5 Å². The molecule has 32 heavy (non-hydrogen) atoms. The number of benzene rings is 1. The lowest BCUT2D eigenvalue weighted by atomic mass is 10.2. The molecule has 0 radical (unpaired) electrons. The molecule has 1 fully saturated rings. The summed E-state index contributed by atoms with van der Waals surface area (Å²) in [5, 5.41) is 2.41. The average Bonchev–Trinajstić information content (AvgIpc) is 3.06. The maximum Gasteiger partial charge on any atom is 0.573 e. The molecule has 3 rings (SSSR count). The summed E-state index contributed by atoms with van der Waals surface area (Å²) in [5.41, 5.74) is 0.927. The Morgan fingerprint density at radius 1 is 1.25 bits per heavy atom. The first kappa shape index (κ1) is 24.0. The van der Waals surface area contributed by atoms with Crippen LogP contribution in [0, 0.1) is 6.92 Å². The van der Waals surface area contributed by atoms with Gasteiger partial charge in [0.25, 0.3) is 5.91 Å². The van der Waals surface area contributed by atoms with Crippen molar-refractivity contribution in [1.29, 1.82) is 0 Å². The standard InChI is InChI=1S/C21H24F3N3O4S/c1-13(2)27-9-17(30-11-15-4-6-16(7-5-15)31-21(22,23)24)8-26(10-19(27)28)20(29)18-12-32-14(3)25-18/h4-7,12-13,17H,8-11H2,1-3H3/t17-/m0/s1. The van der Waals surface area contributed by atoms with Crippen LogP contribution in [0.15, 0.2) is 29.6 Å². The Kier molecular flexibility index (Phi) is 7.40. The molecule has 7 nitrogen and oxygen atoms in total. The predicted octanol–water partition coefficient (Wildman–Crippen LogP) is 3.63. The number of hydrogen-bond acceptors (Lipinski definition) is 6. The van der Waals surface area contributed by atoms with Crippen LogP contribution in [0.5, 0.6) is 5.75 Å². The monoisotopic (exact) mass is 471 g/mol. The molecule has 1 aromatic carbocycles. The zero-order valence-corrected chi connectivity index (χ0v) is 18.7. The van der Waals surface area contributed by atoms with Gasteiger partial charge in [0.2, 0.25) is 5.91 Å². The molecular formula is C21H24F3N3O4S. The van der Waals surface area contributed by atoms with Crippen molar-refractivity contribution >= 4 is 23.2 Å². The molecule has 2 heterocycles. The van der Waals surface area contributed by atoms with Gasteiger partial charge < -0.3 is 19.3 Å². The van der Waals surface area contributed by atoms with E-state index in [0.717, 1.165) is 5.01 Å². The fourth-order valence-electron chi connectivity index (χ4n) is 3.33. The minimum absolute atomic E-state index is 0.0725. The van der Waals surface area contributed by atoms with Gasteiger partial charge in [0.05, 0.1) is 17.7 Å². The van der Waals surface area contributed by atoms with E-state index in [1.807, 2.05) is 13.8 Å². The van der Waals surface area contributed by atoms with Gasteiger partial charge in [0.15, 0.2) is 0 Å². The second-order valence-corrected chi connectivity index (χ2v) is 8.76. The Hall–Kier alpha value is -2.66. The molecule has 0 bridgehead atoms. The Morgan fingerprint density at radius 3 is 2.50 bits per heavy atom. The number of halogens is 3. The van der Waals surface area contributed by atoms with E-state index in [1.165, 1.54) is 40.5 Å². The zero-order chi connectivity index (χ0) is 23.5. The highest BCUT2D eigenvalue weighted by atomic mass is 32.1. The molecular weight excluding hydrogens is 447 g/mol. The average molecular weight is 472 g/mol. The fourth-order valence-corrected chi connectivity index (χ4v) is 3.91. The maximum absolute atomic E-state index is 12.9. The van der Waals surface area contributed by atoms with Crippen molar-refractivity contribution in [3.8, 4) is 5.75 Å². The first-order valence-electron chi connectivity index (χ1n) is 9.99. The minimum atomic E-state index is -4.75. The summed E-state index contributed by atoms with van der Waals surface area (Å²) < 4.78 is 46.8. The van der Waals surface area contributed by atoms with Crippen molar-refractivity contribution in [3.05, 3.63) is 45.9 Å². The lowest BCUT2D eigenvalue weighted by molar-refractivity contribution is -0.274. The molecule has 2 aromatic rings. The first-order chi connectivity index (χ1) is 15.0. The number of aryl methyl sites for hydroxylation is 1. The molecule has 0 spiro atoms. The van der Waals surface area contributed by atoms with Crippen molar-refractivity contribution in [3.63, 3.8) is 0 Å². The summed E-state index contributed by atoms with van der Waals surface area (Å²) in [5.74, 6) is -0.835. The van der Waals surface area contributed by atoms with Crippen LogP contribution in [0.3, 0.4) is 0 Å². The quantitative estimate of drug-likeness (QED) is 0.644. The van der Waals surface area contributed by atoms with Gasteiger partial charge in [-0.2, -0.15) is 0 Å². The molecule has 1 aliphatic rings. The molecule has 2 amide bonds. The number of thiazole rings is 1. The summed E-state index contributed by atoms with van der Waals surface area (Å²) in [4.78, 5) is 32.9. The molecule has 0 N–H and O–H groups in total. The van der Waals surface area contributed by atoms with Crippen molar-refractivity contribution in [2.24, 2.45) is 0 Å². The minimum Gasteiger partial charge on any atom is -0.406 e. The number of hydrogen-bond donors (Lipinski definition) is 0. The van der Waals surface area contributed by atoms with Crippen molar-refractivity contribution in [2.45, 2.75) is 45.9 Å². The van der Waals surface area contributed by atoms with Gasteiger partial charge in [0, 0.05) is 24.5 Å². The van der Waals surface area contributed by atoms with Crippen LogP contribution in [0.2, 0.25) is 0 Å². The summed E-state index contributed by atoms with van der Waals surface area (Å²) >= 11 is 1.36. The van der Waals surface area contributed by atoms with E-state index >= 15 is 0 Å². The number of ether oxygens (including phenoxy) is 2. The van der Waals surface area contributed by atoms with Gasteiger partial charge in [-0.15, -0.1) is 24.5 Å². The topological polar surface area (TPSA) is 72.0 Å². The van der Waals surface area contributed by atoms with E-state index in [1.54, 1.807) is 17.2 Å². The lowest BCUT2D eigenvalue weighted by Gasteiger charge is -2.27. The summed E-state index contributed by atoms with van der Waals surface area (Å²) in [7, 11) is 0. The van der Waals surface area contributed by atoms with E-state index in [9.17, 15) is 22.8 Å². The smallest absolute Gasteiger partial charge is 0.406 e. The van der Waals surface area contributed by atoms with Crippen LogP contribution < -0.4 is 4.74 Å². The van der Waals surface area contributed by atoms with E-state index < -0.39 is 12.5 Å². The highest BCUT2D eigenvalue weighted by Crippen LogP contribution is 2.23. The lowest BCUT2D eigenvalue weighted by Crippen LogP contribution is -2.42. The Bertz CT molecular complexity index is 947. The van der Waals surface area contributed by atoms with Gasteiger partial charge in [0.1, 0.15) is 18.0 Å². The summed E-state index contributed by atoms with van der Waals surface area (Å²) in [6.07, 6.45) is -5.23. The summed E-state index contributed by atoms with van der Waals surface area (Å²) in [6, 6.07) is 5.30. The number of carbonyl (C=O) groups excluding carboxylic acids is 2. The molecule has 1 aliphatic heterocycles. The molecule has 1 aromatic heterocycles. The molecule has 0 unspecified atom stereocenters. The number of amides is 2. The number of aromatic nitrogens is 1. The van der Waals surface area contributed by atoms with Gasteiger partial charge in [-0.3, -0.25) is 9.59 Å². The third-order valence-corrected chi connectivity index (χ3v) is 5.64. The van der Waals surface area contributed by atoms with E-state index in [2.05, 4.69) is 9.72 Å². The zero-order valence-electron chi connectivity index (χ0n) is 17.9. The molecule has 1 saturated heterocycles. The molecule has 11 heteroatoms. The van der Waals surface area contributed by atoms with Crippen LogP contribution in [0.1, 0.15) is 34.9 Å². The second-order valence-electron chi connectivity index (χ2n) is 7.70. The maximum atomic E-state index is 12.9. The third kappa shape index (κ3) is 6.42. The van der Waals surface area contributed by atoms with Gasteiger partial charge >= 0.3 is 6.36 Å². The SMILES string of the molecule is Cc1nc(C(=O)N2CC(=O)N(C(C)C)C[C@@H](OCc3ccc(OC(F)(F)F)cc3)C2)cs1. The highest BCUT2D eigenvalue weighted by Gasteiger charge is 2.33. The highest BCUT2D eigenvalue weighted by molar-refractivity contribution is 7.09. The second kappa shape index (κ2) is 9.86. The van der Waals surface area contributed by atoms with Crippen molar-refractivity contribution in [2.75, 3.05) is 19.6 Å². The van der Waals surface area contributed by atoms with Crippen LogP contribution >= 0.6 is 11.3 Å². The number of nitrogens with zero attached hydrogens (tertiary/aromatic N) is 3. The first-order valence-corrected chi connectivity index (χ1v) is 10.9. The van der Waals surface area contributed by atoms with E-state index in [0.29, 0.717) is 12.1 Å². The van der Waals surface area contributed by atoms with Crippen LogP contribution in [0.4, 0.5) is 13.2 Å². The van der Waals surface area contributed by atoms with E-state index in [4.69, 9.17) is 4.74 Å².